The van der Waals surface area contributed by atoms with Gasteiger partial charge in [-0.1, -0.05) is 0 Å². The molecule has 0 aliphatic rings. The van der Waals surface area contributed by atoms with E-state index in [1.807, 2.05) is 0 Å². The molecule has 0 radical (unpaired) electrons. The van der Waals surface area contributed by atoms with Crippen LogP contribution in [0, 0.1) is 5.82 Å². The molecule has 1 heterocycles. The van der Waals surface area contributed by atoms with Crippen molar-refractivity contribution in [1.29, 1.82) is 0 Å². The second-order valence-electron chi connectivity index (χ2n) is 3.43. The van der Waals surface area contributed by atoms with Crippen molar-refractivity contribution in [2.75, 3.05) is 7.11 Å². The Bertz CT molecular complexity index is 622. The molecule has 0 saturated heterocycles. The van der Waals surface area contributed by atoms with Crippen LogP contribution in [0.2, 0.25) is 0 Å². The highest BCUT2D eigenvalue weighted by Crippen LogP contribution is 2.28. The molecule has 0 fully saturated rings. The first-order valence-electron chi connectivity index (χ1n) is 5.18. The molecule has 1 aromatic heterocycles. The van der Waals surface area contributed by atoms with Crippen molar-refractivity contribution in [1.82, 2.24) is 9.97 Å². The molecule has 2 rings (SSSR count). The number of halogens is 1. The molecule has 98 valence electrons. The van der Waals surface area contributed by atoms with Gasteiger partial charge < -0.3 is 9.84 Å². The lowest BCUT2D eigenvalue weighted by Crippen LogP contribution is -1.97. The van der Waals surface area contributed by atoms with Gasteiger partial charge in [-0.05, 0) is 30.0 Å². The molecule has 0 spiro atoms. The molecule has 0 atom stereocenters. The van der Waals surface area contributed by atoms with Crippen LogP contribution in [0.25, 0.3) is 0 Å². The highest BCUT2D eigenvalue weighted by Gasteiger charge is 2.11. The highest BCUT2D eigenvalue weighted by atomic mass is 32.2. The zero-order valence-electron chi connectivity index (χ0n) is 9.83. The number of aromatic carboxylic acids is 1. The average Bonchev–Trinajstić information content (AvgIpc) is 2.41. The number of rotatable bonds is 4. The number of aromatic nitrogens is 2. The van der Waals surface area contributed by atoms with Crippen LogP contribution >= 0.6 is 11.8 Å². The van der Waals surface area contributed by atoms with Gasteiger partial charge in [0.2, 0.25) is 5.88 Å². The SMILES string of the molecule is COc1ccnc(Sc2cc(C(=O)O)ccc2F)n1. The first-order chi connectivity index (χ1) is 9.10. The van der Waals surface area contributed by atoms with Gasteiger partial charge >= 0.3 is 5.97 Å². The van der Waals surface area contributed by atoms with E-state index in [9.17, 15) is 9.18 Å². The van der Waals surface area contributed by atoms with Gasteiger partial charge in [0.1, 0.15) is 5.82 Å². The van der Waals surface area contributed by atoms with Crippen molar-refractivity contribution in [3.63, 3.8) is 0 Å². The summed E-state index contributed by atoms with van der Waals surface area (Å²) < 4.78 is 18.5. The first-order valence-corrected chi connectivity index (χ1v) is 5.99. The largest absolute Gasteiger partial charge is 0.481 e. The Morgan fingerprint density at radius 3 is 2.89 bits per heavy atom. The van der Waals surface area contributed by atoms with E-state index in [1.165, 1.54) is 25.4 Å². The molecule has 2 aromatic rings. The lowest BCUT2D eigenvalue weighted by atomic mass is 10.2. The predicted octanol–water partition coefficient (Wildman–Crippen LogP) is 2.47. The van der Waals surface area contributed by atoms with E-state index in [-0.39, 0.29) is 15.6 Å². The third-order valence-electron chi connectivity index (χ3n) is 2.20. The maximum absolute atomic E-state index is 13.6. The second kappa shape index (κ2) is 5.66. The quantitative estimate of drug-likeness (QED) is 0.867. The number of benzene rings is 1. The molecular formula is C12H9FN2O3S. The van der Waals surface area contributed by atoms with Crippen molar-refractivity contribution in [2.24, 2.45) is 0 Å². The molecule has 0 unspecified atom stereocenters. The van der Waals surface area contributed by atoms with Crippen molar-refractivity contribution in [3.8, 4) is 5.88 Å². The van der Waals surface area contributed by atoms with E-state index in [2.05, 4.69) is 9.97 Å². The fraction of sp³-hybridized carbons (Fsp3) is 0.0833. The van der Waals surface area contributed by atoms with Gasteiger partial charge in [0.25, 0.3) is 0 Å². The minimum Gasteiger partial charge on any atom is -0.481 e. The van der Waals surface area contributed by atoms with E-state index in [0.29, 0.717) is 5.88 Å². The summed E-state index contributed by atoms with van der Waals surface area (Å²) in [6.07, 6.45) is 1.48. The van der Waals surface area contributed by atoms with Gasteiger partial charge in [-0.15, -0.1) is 0 Å². The fourth-order valence-corrected chi connectivity index (χ4v) is 2.10. The summed E-state index contributed by atoms with van der Waals surface area (Å²) in [5.41, 5.74) is 0.00629. The molecule has 0 amide bonds. The van der Waals surface area contributed by atoms with E-state index in [4.69, 9.17) is 9.84 Å². The number of carboxylic acid groups (broad SMARTS) is 1. The lowest BCUT2D eigenvalue weighted by molar-refractivity contribution is 0.0696. The fourth-order valence-electron chi connectivity index (χ4n) is 1.30. The zero-order valence-corrected chi connectivity index (χ0v) is 10.6. The summed E-state index contributed by atoms with van der Waals surface area (Å²) in [5, 5.41) is 9.14. The predicted molar refractivity (Wildman–Crippen MR) is 66.1 cm³/mol. The third-order valence-corrected chi connectivity index (χ3v) is 3.11. The van der Waals surface area contributed by atoms with Crippen LogP contribution in [-0.4, -0.2) is 28.2 Å². The van der Waals surface area contributed by atoms with E-state index >= 15 is 0 Å². The summed E-state index contributed by atoms with van der Waals surface area (Å²) in [4.78, 5) is 19.0. The number of hydrogen-bond acceptors (Lipinski definition) is 5. The molecule has 0 aliphatic carbocycles. The number of carbonyl (C=O) groups is 1. The van der Waals surface area contributed by atoms with Crippen LogP contribution in [0.1, 0.15) is 10.4 Å². The second-order valence-corrected chi connectivity index (χ2v) is 4.44. The van der Waals surface area contributed by atoms with Gasteiger partial charge in [-0.3, -0.25) is 0 Å². The normalized spacial score (nSPS) is 10.2. The summed E-state index contributed by atoms with van der Waals surface area (Å²) in [7, 11) is 1.46. The maximum Gasteiger partial charge on any atom is 0.335 e. The molecule has 5 nitrogen and oxygen atoms in total. The Hall–Kier alpha value is -2.15. The van der Waals surface area contributed by atoms with Crippen LogP contribution < -0.4 is 4.74 Å². The monoisotopic (exact) mass is 280 g/mol. The Labute approximate surface area is 112 Å². The van der Waals surface area contributed by atoms with E-state index in [0.717, 1.165) is 17.8 Å². The maximum atomic E-state index is 13.6. The van der Waals surface area contributed by atoms with Crippen LogP contribution in [0.5, 0.6) is 5.88 Å². The van der Waals surface area contributed by atoms with Gasteiger partial charge in [0.05, 0.1) is 17.6 Å². The molecule has 0 saturated carbocycles. The smallest absolute Gasteiger partial charge is 0.335 e. The van der Waals surface area contributed by atoms with Crippen molar-refractivity contribution < 1.29 is 19.0 Å². The van der Waals surface area contributed by atoms with E-state index in [1.54, 1.807) is 6.07 Å². The molecule has 0 aliphatic heterocycles. The summed E-state index contributed by atoms with van der Waals surface area (Å²) in [6, 6.07) is 5.11. The topological polar surface area (TPSA) is 72.3 Å². The Kier molecular flexibility index (Phi) is 3.96. The van der Waals surface area contributed by atoms with Crippen LogP contribution in [0.3, 0.4) is 0 Å². The van der Waals surface area contributed by atoms with Crippen molar-refractivity contribution in [2.45, 2.75) is 10.1 Å². The van der Waals surface area contributed by atoms with Crippen molar-refractivity contribution in [3.05, 3.63) is 41.8 Å². The molecule has 1 N–H and O–H groups in total. The Morgan fingerprint density at radius 1 is 1.42 bits per heavy atom. The standard InChI is InChI=1S/C12H9FN2O3S/c1-18-10-4-5-14-12(15-10)19-9-6-7(11(16)17)2-3-8(9)13/h2-6H,1H3,(H,16,17). The molecular weight excluding hydrogens is 271 g/mol. The number of methoxy groups -OCH3 is 1. The summed E-state index contributed by atoms with van der Waals surface area (Å²) >= 11 is 0.935. The van der Waals surface area contributed by atoms with Crippen molar-refractivity contribution >= 4 is 17.7 Å². The Balaban J connectivity index is 2.31. The molecule has 1 aromatic carbocycles. The molecule has 19 heavy (non-hydrogen) atoms. The zero-order chi connectivity index (χ0) is 13.8. The van der Waals surface area contributed by atoms with Gasteiger partial charge in [0.15, 0.2) is 5.16 Å². The average molecular weight is 280 g/mol. The number of hydrogen-bond donors (Lipinski definition) is 1. The third kappa shape index (κ3) is 3.19. The van der Waals surface area contributed by atoms with E-state index < -0.39 is 11.8 Å². The number of carboxylic acids is 1. The number of ether oxygens (including phenoxy) is 1. The van der Waals surface area contributed by atoms with Gasteiger partial charge in [-0.2, -0.15) is 4.98 Å². The van der Waals surface area contributed by atoms with Crippen LogP contribution in [0.15, 0.2) is 40.5 Å². The molecule has 7 heteroatoms. The van der Waals surface area contributed by atoms with Gasteiger partial charge in [0, 0.05) is 12.3 Å². The first kappa shape index (κ1) is 13.3. The molecule has 0 bridgehead atoms. The van der Waals surface area contributed by atoms with Crippen LogP contribution in [-0.2, 0) is 0 Å². The Morgan fingerprint density at radius 2 is 2.21 bits per heavy atom. The number of nitrogens with zero attached hydrogens (tertiary/aromatic N) is 2. The minimum atomic E-state index is -1.12. The lowest BCUT2D eigenvalue weighted by Gasteiger charge is -2.04. The minimum absolute atomic E-state index is 0.00629. The summed E-state index contributed by atoms with van der Waals surface area (Å²) in [6.45, 7) is 0. The summed E-state index contributed by atoms with van der Waals surface area (Å²) in [5.74, 6) is -1.29. The highest BCUT2D eigenvalue weighted by molar-refractivity contribution is 7.99. The van der Waals surface area contributed by atoms with Crippen LogP contribution in [0.4, 0.5) is 4.39 Å². The van der Waals surface area contributed by atoms with Gasteiger partial charge in [-0.25, -0.2) is 14.2 Å².